The molecule has 2 amide bonds. The van der Waals surface area contributed by atoms with Crippen LogP contribution in [0.25, 0.3) is 0 Å². The Bertz CT molecular complexity index is 663. The fourth-order valence-corrected chi connectivity index (χ4v) is 3.60. The number of carbonyl (C=O) groups is 2. The van der Waals surface area contributed by atoms with Crippen molar-refractivity contribution in [1.29, 1.82) is 0 Å². The van der Waals surface area contributed by atoms with Crippen LogP contribution >= 0.6 is 11.6 Å². The molecular weight excluding hydrogens is 312 g/mol. The number of nitrogens with zero attached hydrogens (tertiary/aromatic N) is 1. The molecule has 0 radical (unpaired) electrons. The minimum atomic E-state index is -0.361. The van der Waals surface area contributed by atoms with Gasteiger partial charge in [0, 0.05) is 11.7 Å². The summed E-state index contributed by atoms with van der Waals surface area (Å²) in [6, 6.07) is 7.73. The monoisotopic (exact) mass is 332 g/mol. The van der Waals surface area contributed by atoms with Gasteiger partial charge in [-0.05, 0) is 30.9 Å². The van der Waals surface area contributed by atoms with Gasteiger partial charge in [0.05, 0.1) is 0 Å². The first-order chi connectivity index (χ1) is 11.1. The van der Waals surface area contributed by atoms with Crippen molar-refractivity contribution in [3.63, 3.8) is 0 Å². The summed E-state index contributed by atoms with van der Waals surface area (Å²) in [5, 5.41) is 3.10. The lowest BCUT2D eigenvalue weighted by Gasteiger charge is -2.29. The number of hydrogen-bond donors (Lipinski definition) is 1. The Morgan fingerprint density at radius 1 is 1.13 bits per heavy atom. The summed E-state index contributed by atoms with van der Waals surface area (Å²) in [5.74, 6) is -0.655. The van der Waals surface area contributed by atoms with Gasteiger partial charge < -0.3 is 5.32 Å². The highest BCUT2D eigenvalue weighted by Gasteiger charge is 2.42. The fraction of sp³-hybridized carbons (Fsp3) is 0.444. The number of benzene rings is 1. The second kappa shape index (κ2) is 6.75. The van der Waals surface area contributed by atoms with Gasteiger partial charge >= 0.3 is 0 Å². The molecule has 0 bridgehead atoms. The maximum atomic E-state index is 12.7. The van der Waals surface area contributed by atoms with Crippen LogP contribution in [0.3, 0.4) is 0 Å². The third-order valence-electron chi connectivity index (χ3n) is 4.66. The van der Waals surface area contributed by atoms with Crippen LogP contribution in [0.15, 0.2) is 35.0 Å². The Hall–Kier alpha value is -1.81. The number of hydrogen-bond acceptors (Lipinski definition) is 3. The molecule has 4 nitrogen and oxygen atoms in total. The zero-order valence-corrected chi connectivity index (χ0v) is 14.0. The minimum absolute atomic E-state index is 0.00600. The number of para-hydroxylation sites is 1. The zero-order chi connectivity index (χ0) is 16.4. The van der Waals surface area contributed by atoms with Gasteiger partial charge in [0.1, 0.15) is 10.7 Å². The molecule has 0 unspecified atom stereocenters. The number of rotatable bonds is 4. The summed E-state index contributed by atoms with van der Waals surface area (Å²) in [5.41, 5.74) is 2.12. The van der Waals surface area contributed by atoms with Crippen LogP contribution in [-0.4, -0.2) is 22.8 Å². The van der Waals surface area contributed by atoms with Gasteiger partial charge in [0.2, 0.25) is 0 Å². The summed E-state index contributed by atoms with van der Waals surface area (Å²) in [4.78, 5) is 26.5. The van der Waals surface area contributed by atoms with Crippen molar-refractivity contribution in [2.45, 2.75) is 51.5 Å². The van der Waals surface area contributed by atoms with Crippen LogP contribution in [0, 0.1) is 0 Å². The quantitative estimate of drug-likeness (QED) is 0.853. The largest absolute Gasteiger partial charge is 0.349 e. The number of aryl methyl sites for hydroxylation is 1. The van der Waals surface area contributed by atoms with Crippen LogP contribution in [0.4, 0.5) is 5.69 Å². The molecule has 1 fully saturated rings. The van der Waals surface area contributed by atoms with Crippen molar-refractivity contribution in [2.24, 2.45) is 0 Å². The van der Waals surface area contributed by atoms with Crippen LogP contribution in [0.5, 0.6) is 0 Å². The van der Waals surface area contributed by atoms with Gasteiger partial charge in [-0.3, -0.25) is 14.5 Å². The Labute approximate surface area is 141 Å². The lowest BCUT2D eigenvalue weighted by molar-refractivity contribution is -0.140. The molecule has 1 aliphatic heterocycles. The summed E-state index contributed by atoms with van der Waals surface area (Å²) in [6.45, 7) is 2.05. The van der Waals surface area contributed by atoms with Gasteiger partial charge in [-0.15, -0.1) is 0 Å². The Morgan fingerprint density at radius 2 is 1.83 bits per heavy atom. The molecule has 122 valence electrons. The van der Waals surface area contributed by atoms with E-state index in [0.717, 1.165) is 43.4 Å². The van der Waals surface area contributed by atoms with Crippen molar-refractivity contribution in [2.75, 3.05) is 5.32 Å². The summed E-state index contributed by atoms with van der Waals surface area (Å²) >= 11 is 6.19. The summed E-state index contributed by atoms with van der Waals surface area (Å²) in [6.07, 6.45) is 5.87. The molecule has 1 heterocycles. The van der Waals surface area contributed by atoms with E-state index in [1.54, 1.807) is 0 Å². The lowest BCUT2D eigenvalue weighted by Crippen LogP contribution is -2.42. The van der Waals surface area contributed by atoms with Crippen molar-refractivity contribution < 1.29 is 9.59 Å². The highest BCUT2D eigenvalue weighted by Crippen LogP contribution is 2.32. The number of imide groups is 1. The number of anilines is 1. The van der Waals surface area contributed by atoms with Gasteiger partial charge in [0.25, 0.3) is 11.8 Å². The first kappa shape index (κ1) is 16.1. The van der Waals surface area contributed by atoms with E-state index in [1.165, 1.54) is 11.3 Å². The van der Waals surface area contributed by atoms with E-state index in [9.17, 15) is 9.59 Å². The number of nitrogens with one attached hydrogen (secondary N) is 1. The first-order valence-electron chi connectivity index (χ1n) is 8.26. The maximum absolute atomic E-state index is 12.7. The fourth-order valence-electron chi connectivity index (χ4n) is 3.38. The normalized spacial score (nSPS) is 19.7. The van der Waals surface area contributed by atoms with Gasteiger partial charge in [-0.1, -0.05) is 56.0 Å². The van der Waals surface area contributed by atoms with E-state index in [4.69, 9.17) is 11.6 Å². The number of carbonyl (C=O) groups excluding carboxylic acids is 2. The van der Waals surface area contributed by atoms with E-state index in [1.807, 2.05) is 31.2 Å². The van der Waals surface area contributed by atoms with Crippen molar-refractivity contribution >= 4 is 29.1 Å². The average molecular weight is 333 g/mol. The SMILES string of the molecule is CCc1ccccc1NC1=C(Cl)C(=O)N(C2CCCCC2)C1=O. The zero-order valence-electron chi connectivity index (χ0n) is 13.3. The second-order valence-corrected chi connectivity index (χ2v) is 6.47. The molecule has 0 saturated heterocycles. The first-order valence-corrected chi connectivity index (χ1v) is 8.64. The summed E-state index contributed by atoms with van der Waals surface area (Å²) in [7, 11) is 0. The maximum Gasteiger partial charge on any atom is 0.279 e. The van der Waals surface area contributed by atoms with E-state index in [0.29, 0.717) is 0 Å². The highest BCUT2D eigenvalue weighted by molar-refractivity contribution is 6.48. The molecule has 0 spiro atoms. The minimum Gasteiger partial charge on any atom is -0.349 e. The molecule has 2 aliphatic rings. The molecule has 1 aliphatic carbocycles. The Kier molecular flexibility index (Phi) is 4.71. The second-order valence-electron chi connectivity index (χ2n) is 6.10. The molecule has 1 N–H and O–H groups in total. The predicted octanol–water partition coefficient (Wildman–Crippen LogP) is 3.81. The smallest absolute Gasteiger partial charge is 0.279 e. The van der Waals surface area contributed by atoms with E-state index in [-0.39, 0.29) is 28.6 Å². The van der Waals surface area contributed by atoms with Crippen molar-refractivity contribution in [1.82, 2.24) is 4.90 Å². The molecular formula is C18H21ClN2O2. The van der Waals surface area contributed by atoms with E-state index < -0.39 is 0 Å². The van der Waals surface area contributed by atoms with Crippen LogP contribution < -0.4 is 5.32 Å². The third-order valence-corrected chi connectivity index (χ3v) is 5.01. The van der Waals surface area contributed by atoms with Crippen LogP contribution in [0.2, 0.25) is 0 Å². The lowest BCUT2D eigenvalue weighted by atomic mass is 9.94. The van der Waals surface area contributed by atoms with Crippen molar-refractivity contribution in [3.05, 3.63) is 40.6 Å². The molecule has 23 heavy (non-hydrogen) atoms. The van der Waals surface area contributed by atoms with E-state index in [2.05, 4.69) is 5.32 Å². The summed E-state index contributed by atoms with van der Waals surface area (Å²) < 4.78 is 0. The topological polar surface area (TPSA) is 49.4 Å². The van der Waals surface area contributed by atoms with Crippen LogP contribution in [0.1, 0.15) is 44.6 Å². The Morgan fingerprint density at radius 3 is 2.52 bits per heavy atom. The van der Waals surface area contributed by atoms with Gasteiger partial charge in [0.15, 0.2) is 0 Å². The van der Waals surface area contributed by atoms with E-state index >= 15 is 0 Å². The molecule has 0 aromatic heterocycles. The third kappa shape index (κ3) is 3.00. The van der Waals surface area contributed by atoms with Crippen LogP contribution in [-0.2, 0) is 16.0 Å². The molecule has 1 aromatic carbocycles. The van der Waals surface area contributed by atoms with Gasteiger partial charge in [-0.2, -0.15) is 0 Å². The number of halogens is 1. The van der Waals surface area contributed by atoms with Crippen molar-refractivity contribution in [3.8, 4) is 0 Å². The Balaban J connectivity index is 1.84. The molecule has 0 atom stereocenters. The molecule has 1 saturated carbocycles. The molecule has 1 aromatic rings. The average Bonchev–Trinajstić information content (AvgIpc) is 2.80. The molecule has 5 heteroatoms. The van der Waals surface area contributed by atoms with Gasteiger partial charge in [-0.25, -0.2) is 0 Å². The number of amides is 2. The standard InChI is InChI=1S/C18H21ClN2O2/c1-2-12-8-6-7-11-14(12)20-16-15(19)17(22)21(18(16)23)13-9-4-3-5-10-13/h6-8,11,13,20H,2-5,9-10H2,1H3. The predicted molar refractivity (Wildman–Crippen MR) is 91.0 cm³/mol. The highest BCUT2D eigenvalue weighted by atomic mass is 35.5. The molecule has 3 rings (SSSR count).